The molecule has 1 aliphatic heterocycles. The van der Waals surface area contributed by atoms with Gasteiger partial charge in [0.15, 0.2) is 0 Å². The molecule has 0 saturated heterocycles. The molecule has 0 aliphatic carbocycles. The summed E-state index contributed by atoms with van der Waals surface area (Å²) < 4.78 is 5.29. The molecule has 1 aromatic rings. The summed E-state index contributed by atoms with van der Waals surface area (Å²) in [6.45, 7) is 1.96. The zero-order valence-electron chi connectivity index (χ0n) is 8.12. The van der Waals surface area contributed by atoms with Crippen molar-refractivity contribution < 1.29 is 9.84 Å². The molecule has 1 heterocycles. The fourth-order valence-electron chi connectivity index (χ4n) is 1.76. The molecule has 3 N–H and O–H groups in total. The van der Waals surface area contributed by atoms with Crippen LogP contribution in [0.5, 0.6) is 5.75 Å². The summed E-state index contributed by atoms with van der Waals surface area (Å²) in [6, 6.07) is 3.85. The molecule has 0 fully saturated rings. The first-order valence-electron chi connectivity index (χ1n) is 4.92. The first-order valence-corrected chi connectivity index (χ1v) is 4.92. The van der Waals surface area contributed by atoms with Crippen molar-refractivity contribution in [1.29, 1.82) is 0 Å². The number of fused-ring (bicyclic) bond motifs is 1. The molecule has 76 valence electrons. The first kappa shape index (κ1) is 9.49. The maximum absolute atomic E-state index is 9.70. The molecular weight excluding hydrogens is 178 g/mol. The summed E-state index contributed by atoms with van der Waals surface area (Å²) in [5.74, 6) is 0.378. The van der Waals surface area contributed by atoms with Crippen LogP contribution in [-0.4, -0.2) is 11.7 Å². The Hall–Kier alpha value is -1.06. The van der Waals surface area contributed by atoms with Crippen molar-refractivity contribution in [3.05, 3.63) is 28.8 Å². The smallest absolute Gasteiger partial charge is 0.119 e. The summed E-state index contributed by atoms with van der Waals surface area (Å²) in [4.78, 5) is 0. The molecule has 0 atom stereocenters. The Kier molecular flexibility index (Phi) is 2.70. The van der Waals surface area contributed by atoms with Crippen molar-refractivity contribution in [3.63, 3.8) is 0 Å². The third-order valence-electron chi connectivity index (χ3n) is 2.57. The highest BCUT2D eigenvalue weighted by Gasteiger charge is 2.14. The fourth-order valence-corrected chi connectivity index (χ4v) is 1.76. The summed E-state index contributed by atoms with van der Waals surface area (Å²) in [6.07, 6.45) is 1.75. The van der Waals surface area contributed by atoms with Crippen molar-refractivity contribution in [3.8, 4) is 5.75 Å². The number of hydrogen-bond donors (Lipinski definition) is 2. The largest absolute Gasteiger partial charge is 0.508 e. The van der Waals surface area contributed by atoms with E-state index in [-0.39, 0.29) is 0 Å². The molecule has 0 unspecified atom stereocenters. The second kappa shape index (κ2) is 3.98. The molecular formula is C11H15NO2. The van der Waals surface area contributed by atoms with Crippen LogP contribution < -0.4 is 5.73 Å². The predicted molar refractivity (Wildman–Crippen MR) is 54.0 cm³/mol. The highest BCUT2D eigenvalue weighted by atomic mass is 16.5. The number of hydrogen-bond acceptors (Lipinski definition) is 3. The third kappa shape index (κ3) is 1.74. The van der Waals surface area contributed by atoms with Gasteiger partial charge in [-0.1, -0.05) is 0 Å². The highest BCUT2D eigenvalue weighted by molar-refractivity contribution is 5.42. The fraction of sp³-hybridized carbons (Fsp3) is 0.455. The van der Waals surface area contributed by atoms with E-state index in [9.17, 15) is 5.11 Å². The second-order valence-electron chi connectivity index (χ2n) is 3.63. The zero-order chi connectivity index (χ0) is 9.97. The molecule has 3 heteroatoms. The number of benzene rings is 1. The summed E-state index contributed by atoms with van der Waals surface area (Å²) in [7, 11) is 0. The van der Waals surface area contributed by atoms with Gasteiger partial charge in [0.2, 0.25) is 0 Å². The van der Waals surface area contributed by atoms with Crippen LogP contribution in [0, 0.1) is 0 Å². The average Bonchev–Trinajstić information content (AvgIpc) is 2.61. The molecule has 0 bridgehead atoms. The minimum atomic E-state index is 0.378. The SMILES string of the molecule is NCCCc1cc2c(cc1O)COC2. The standard InChI is InChI=1S/C11H15NO2/c12-3-1-2-8-4-9-6-14-7-10(9)5-11(8)13/h4-5,13H,1-3,6-7,12H2. The van der Waals surface area contributed by atoms with Gasteiger partial charge >= 0.3 is 0 Å². The number of nitrogens with two attached hydrogens (primary N) is 1. The van der Waals surface area contributed by atoms with Crippen molar-refractivity contribution in [2.75, 3.05) is 6.54 Å². The Balaban J connectivity index is 2.23. The Morgan fingerprint density at radius 1 is 1.29 bits per heavy atom. The van der Waals surface area contributed by atoms with E-state index in [1.165, 1.54) is 5.56 Å². The molecule has 0 radical (unpaired) electrons. The summed E-state index contributed by atoms with van der Waals surface area (Å²) in [5, 5.41) is 9.70. The van der Waals surface area contributed by atoms with E-state index < -0.39 is 0 Å². The molecule has 1 aromatic carbocycles. The number of phenolic OH excluding ortho intramolecular Hbond substituents is 1. The molecule has 2 rings (SSSR count). The molecule has 0 saturated carbocycles. The van der Waals surface area contributed by atoms with Gasteiger partial charge in [-0.2, -0.15) is 0 Å². The van der Waals surface area contributed by atoms with Crippen LogP contribution in [0.25, 0.3) is 0 Å². The van der Waals surface area contributed by atoms with E-state index >= 15 is 0 Å². The Morgan fingerprint density at radius 2 is 2.00 bits per heavy atom. The van der Waals surface area contributed by atoms with Crippen molar-refractivity contribution in [2.24, 2.45) is 5.73 Å². The van der Waals surface area contributed by atoms with Crippen molar-refractivity contribution >= 4 is 0 Å². The minimum Gasteiger partial charge on any atom is -0.508 e. The van der Waals surface area contributed by atoms with Gasteiger partial charge in [0.1, 0.15) is 5.75 Å². The maximum atomic E-state index is 9.70. The van der Waals surface area contributed by atoms with E-state index in [1.54, 1.807) is 0 Å². The lowest BCUT2D eigenvalue weighted by molar-refractivity contribution is 0.134. The number of ether oxygens (including phenoxy) is 1. The highest BCUT2D eigenvalue weighted by Crippen LogP contribution is 2.28. The van der Waals surface area contributed by atoms with Crippen LogP contribution in [-0.2, 0) is 24.4 Å². The van der Waals surface area contributed by atoms with E-state index in [4.69, 9.17) is 10.5 Å². The van der Waals surface area contributed by atoms with E-state index in [1.807, 2.05) is 12.1 Å². The lowest BCUT2D eigenvalue weighted by Gasteiger charge is -2.06. The van der Waals surface area contributed by atoms with Crippen molar-refractivity contribution in [2.45, 2.75) is 26.1 Å². The van der Waals surface area contributed by atoms with Crippen LogP contribution in [0.1, 0.15) is 23.1 Å². The maximum Gasteiger partial charge on any atom is 0.119 e. The third-order valence-corrected chi connectivity index (χ3v) is 2.57. The molecule has 0 spiro atoms. The van der Waals surface area contributed by atoms with Gasteiger partial charge in [-0.3, -0.25) is 0 Å². The van der Waals surface area contributed by atoms with Crippen LogP contribution in [0.2, 0.25) is 0 Å². The van der Waals surface area contributed by atoms with Crippen LogP contribution in [0.15, 0.2) is 12.1 Å². The second-order valence-corrected chi connectivity index (χ2v) is 3.63. The molecule has 0 amide bonds. The summed E-state index contributed by atoms with van der Waals surface area (Å²) in [5.41, 5.74) is 8.73. The van der Waals surface area contributed by atoms with Crippen LogP contribution in [0.4, 0.5) is 0 Å². The predicted octanol–water partition coefficient (Wildman–Crippen LogP) is 1.31. The molecule has 14 heavy (non-hydrogen) atoms. The Morgan fingerprint density at radius 3 is 2.71 bits per heavy atom. The Bertz CT molecular complexity index is 336. The van der Waals surface area contributed by atoms with Gasteiger partial charge in [-0.05, 0) is 48.2 Å². The monoisotopic (exact) mass is 193 g/mol. The molecule has 1 aliphatic rings. The van der Waals surface area contributed by atoms with Crippen molar-refractivity contribution in [1.82, 2.24) is 0 Å². The van der Waals surface area contributed by atoms with Gasteiger partial charge in [0.25, 0.3) is 0 Å². The van der Waals surface area contributed by atoms with Gasteiger partial charge in [-0.25, -0.2) is 0 Å². The van der Waals surface area contributed by atoms with Crippen LogP contribution >= 0.6 is 0 Å². The lowest BCUT2D eigenvalue weighted by atomic mass is 10.0. The van der Waals surface area contributed by atoms with Gasteiger partial charge in [0.05, 0.1) is 13.2 Å². The number of rotatable bonds is 3. The van der Waals surface area contributed by atoms with E-state index in [2.05, 4.69) is 0 Å². The van der Waals surface area contributed by atoms with E-state index in [0.717, 1.165) is 24.0 Å². The van der Waals surface area contributed by atoms with Gasteiger partial charge in [-0.15, -0.1) is 0 Å². The molecule has 3 nitrogen and oxygen atoms in total. The normalized spacial score (nSPS) is 14.4. The lowest BCUT2D eigenvalue weighted by Crippen LogP contribution is -2.01. The summed E-state index contributed by atoms with van der Waals surface area (Å²) >= 11 is 0. The van der Waals surface area contributed by atoms with Gasteiger partial charge in [0, 0.05) is 0 Å². The Labute approximate surface area is 83.5 Å². The minimum absolute atomic E-state index is 0.378. The number of phenols is 1. The van der Waals surface area contributed by atoms with Crippen LogP contribution in [0.3, 0.4) is 0 Å². The quantitative estimate of drug-likeness (QED) is 0.761. The average molecular weight is 193 g/mol. The molecule has 0 aromatic heterocycles. The van der Waals surface area contributed by atoms with Gasteiger partial charge < -0.3 is 15.6 Å². The number of aryl methyl sites for hydroxylation is 1. The van der Waals surface area contributed by atoms with E-state index in [0.29, 0.717) is 25.5 Å². The topological polar surface area (TPSA) is 55.5 Å². The number of aromatic hydroxyl groups is 1. The first-order chi connectivity index (χ1) is 6.81. The zero-order valence-corrected chi connectivity index (χ0v) is 8.12.